The zero-order valence-electron chi connectivity index (χ0n) is 12.5. The Bertz CT molecular complexity index is 615. The molecule has 2 aromatic rings. The molecule has 0 heterocycles. The van der Waals surface area contributed by atoms with E-state index in [1.54, 1.807) is 60.7 Å². The van der Waals surface area contributed by atoms with Crippen LogP contribution in [0.25, 0.3) is 0 Å². The van der Waals surface area contributed by atoms with Crippen LogP contribution in [-0.2, 0) is 22.4 Å². The molecule has 1 atom stereocenters. The van der Waals surface area contributed by atoms with Gasteiger partial charge in [0.25, 0.3) is 0 Å². The fraction of sp³-hybridized carbons (Fsp3) is 0.235. The summed E-state index contributed by atoms with van der Waals surface area (Å²) < 4.78 is 44.0. The lowest BCUT2D eigenvalue weighted by Crippen LogP contribution is -2.39. The average Bonchev–Trinajstić information content (AvgIpc) is 2.52. The Kier molecular flexibility index (Phi) is 5.85. The van der Waals surface area contributed by atoms with Gasteiger partial charge in [0.15, 0.2) is 0 Å². The first kappa shape index (κ1) is 17.1. The largest absolute Gasteiger partial charge is 0.518 e. The van der Waals surface area contributed by atoms with E-state index in [0.29, 0.717) is 5.56 Å². The van der Waals surface area contributed by atoms with Gasteiger partial charge < -0.3 is 17.7 Å². The highest BCUT2D eigenvalue weighted by molar-refractivity contribution is 6.60. The molecular weight excluding hydrogens is 304 g/mol. The summed E-state index contributed by atoms with van der Waals surface area (Å²) >= 11 is 0. The molecule has 0 amide bonds. The van der Waals surface area contributed by atoms with E-state index in [-0.39, 0.29) is 19.3 Å². The van der Waals surface area contributed by atoms with E-state index in [4.69, 9.17) is 4.74 Å². The predicted molar refractivity (Wildman–Crippen MR) is 83.9 cm³/mol. The SMILES string of the molecule is O=C(Cc1ccccc1)OC(CCc1ccccc1)[B-](F)(F)F. The van der Waals surface area contributed by atoms with Gasteiger partial charge in [0.1, 0.15) is 0 Å². The van der Waals surface area contributed by atoms with Gasteiger partial charge >= 0.3 is 12.9 Å². The molecule has 0 aromatic heterocycles. The Hall–Kier alpha value is -2.24. The van der Waals surface area contributed by atoms with Crippen LogP contribution in [0, 0.1) is 0 Å². The summed E-state index contributed by atoms with van der Waals surface area (Å²) in [5.74, 6) is -0.853. The monoisotopic (exact) mass is 321 g/mol. The zero-order valence-corrected chi connectivity index (χ0v) is 12.5. The maximum atomic E-state index is 13.1. The van der Waals surface area contributed by atoms with E-state index >= 15 is 0 Å². The summed E-state index contributed by atoms with van der Waals surface area (Å²) in [6.07, 6.45) is -0.200. The van der Waals surface area contributed by atoms with Crippen molar-refractivity contribution in [2.24, 2.45) is 0 Å². The van der Waals surface area contributed by atoms with Gasteiger partial charge in [0.05, 0.1) is 12.4 Å². The highest BCUT2D eigenvalue weighted by Crippen LogP contribution is 2.22. The molecule has 1 unspecified atom stereocenters. The van der Waals surface area contributed by atoms with E-state index < -0.39 is 18.9 Å². The molecule has 0 aliphatic carbocycles. The van der Waals surface area contributed by atoms with Gasteiger partial charge in [-0.05, 0) is 24.0 Å². The van der Waals surface area contributed by atoms with Crippen molar-refractivity contribution in [3.05, 3.63) is 71.8 Å². The molecule has 0 saturated heterocycles. The lowest BCUT2D eigenvalue weighted by molar-refractivity contribution is -0.146. The van der Waals surface area contributed by atoms with E-state index in [0.717, 1.165) is 5.56 Å². The Morgan fingerprint density at radius 1 is 0.913 bits per heavy atom. The summed E-state index contributed by atoms with van der Waals surface area (Å²) in [6, 6.07) is 15.4. The van der Waals surface area contributed by atoms with Crippen LogP contribution in [0.3, 0.4) is 0 Å². The van der Waals surface area contributed by atoms with Crippen LogP contribution in [-0.4, -0.2) is 18.9 Å². The van der Waals surface area contributed by atoms with Crippen molar-refractivity contribution < 1.29 is 22.5 Å². The molecule has 6 heteroatoms. The van der Waals surface area contributed by atoms with Crippen molar-refractivity contribution >= 4 is 12.9 Å². The van der Waals surface area contributed by atoms with Crippen molar-refractivity contribution in [1.82, 2.24) is 0 Å². The van der Waals surface area contributed by atoms with E-state index in [1.807, 2.05) is 0 Å². The smallest absolute Gasteiger partial charge is 0.492 e. The molecule has 0 N–H and O–H groups in total. The number of ether oxygens (including phenoxy) is 1. The third kappa shape index (κ3) is 5.81. The van der Waals surface area contributed by atoms with Crippen LogP contribution in [0.5, 0.6) is 0 Å². The molecule has 0 aliphatic heterocycles. The minimum Gasteiger partial charge on any atom is -0.492 e. The van der Waals surface area contributed by atoms with Crippen LogP contribution < -0.4 is 0 Å². The highest BCUT2D eigenvalue weighted by Gasteiger charge is 2.37. The first-order valence-electron chi connectivity index (χ1n) is 7.42. The average molecular weight is 321 g/mol. The summed E-state index contributed by atoms with van der Waals surface area (Å²) in [5.41, 5.74) is 1.42. The van der Waals surface area contributed by atoms with Crippen molar-refractivity contribution in [2.45, 2.75) is 25.3 Å². The molecule has 0 spiro atoms. The van der Waals surface area contributed by atoms with Gasteiger partial charge in [-0.1, -0.05) is 60.7 Å². The number of esters is 1. The molecule has 23 heavy (non-hydrogen) atoms. The Morgan fingerprint density at radius 2 is 1.43 bits per heavy atom. The first-order valence-corrected chi connectivity index (χ1v) is 7.42. The van der Waals surface area contributed by atoms with Crippen LogP contribution >= 0.6 is 0 Å². The second kappa shape index (κ2) is 7.86. The molecule has 0 saturated carbocycles. The fourth-order valence-electron chi connectivity index (χ4n) is 2.25. The number of hydrogen-bond donors (Lipinski definition) is 0. The second-order valence-electron chi connectivity index (χ2n) is 5.34. The van der Waals surface area contributed by atoms with Gasteiger partial charge in [-0.3, -0.25) is 4.79 Å². The molecule has 122 valence electrons. The summed E-state index contributed by atoms with van der Waals surface area (Å²) in [6.45, 7) is -5.24. The molecule has 2 aromatic carbocycles. The molecule has 0 aliphatic rings. The van der Waals surface area contributed by atoms with Crippen LogP contribution in [0.2, 0.25) is 0 Å². The van der Waals surface area contributed by atoms with Crippen molar-refractivity contribution in [3.63, 3.8) is 0 Å². The molecule has 2 rings (SSSR count). The number of carbonyl (C=O) groups excluding carboxylic acids is 1. The minimum atomic E-state index is -5.24. The molecular formula is C17H17BF3O2-. The lowest BCUT2D eigenvalue weighted by atomic mass is 9.78. The normalized spacial score (nSPS) is 12.7. The van der Waals surface area contributed by atoms with Gasteiger partial charge in [-0.2, -0.15) is 0 Å². The van der Waals surface area contributed by atoms with Crippen molar-refractivity contribution in [1.29, 1.82) is 0 Å². The highest BCUT2D eigenvalue weighted by atomic mass is 19.4. The first-order chi connectivity index (χ1) is 10.9. The Labute approximate surface area is 133 Å². The number of benzene rings is 2. The summed E-state index contributed by atoms with van der Waals surface area (Å²) in [7, 11) is 0. The number of hydrogen-bond acceptors (Lipinski definition) is 2. The third-order valence-corrected chi connectivity index (χ3v) is 3.46. The maximum Gasteiger partial charge on any atom is 0.518 e. The van der Waals surface area contributed by atoms with Crippen molar-refractivity contribution in [2.75, 3.05) is 0 Å². The summed E-state index contributed by atoms with van der Waals surface area (Å²) in [5, 5.41) is 0. The summed E-state index contributed by atoms with van der Waals surface area (Å²) in [4.78, 5) is 11.8. The van der Waals surface area contributed by atoms with Gasteiger partial charge in [0, 0.05) is 0 Å². The van der Waals surface area contributed by atoms with Crippen LogP contribution in [0.4, 0.5) is 12.9 Å². The predicted octanol–water partition coefficient (Wildman–Crippen LogP) is 4.16. The third-order valence-electron chi connectivity index (χ3n) is 3.46. The molecule has 0 radical (unpaired) electrons. The number of carbonyl (C=O) groups is 1. The van der Waals surface area contributed by atoms with Crippen molar-refractivity contribution in [3.8, 4) is 0 Å². The van der Waals surface area contributed by atoms with E-state index in [9.17, 15) is 17.7 Å². The standard InChI is InChI=1S/C17H17BF3O2/c19-18(20,21)16(12-11-14-7-3-1-4-8-14)23-17(22)13-15-9-5-2-6-10-15/h1-10,16H,11-13H2/q-1. The van der Waals surface area contributed by atoms with E-state index in [2.05, 4.69) is 0 Å². The van der Waals surface area contributed by atoms with Crippen LogP contribution in [0.15, 0.2) is 60.7 Å². The van der Waals surface area contributed by atoms with E-state index in [1.165, 1.54) is 0 Å². The topological polar surface area (TPSA) is 26.3 Å². The quantitative estimate of drug-likeness (QED) is 0.565. The molecule has 2 nitrogen and oxygen atoms in total. The van der Waals surface area contributed by atoms with Crippen LogP contribution in [0.1, 0.15) is 17.5 Å². The molecule has 0 fully saturated rings. The maximum absolute atomic E-state index is 13.1. The second-order valence-corrected chi connectivity index (χ2v) is 5.34. The fourth-order valence-corrected chi connectivity index (χ4v) is 2.25. The molecule has 0 bridgehead atoms. The number of halogens is 3. The Morgan fingerprint density at radius 3 is 1.96 bits per heavy atom. The lowest BCUT2D eigenvalue weighted by Gasteiger charge is -2.27. The van der Waals surface area contributed by atoms with Gasteiger partial charge in [-0.15, -0.1) is 0 Å². The minimum absolute atomic E-state index is 0.158. The van der Waals surface area contributed by atoms with Gasteiger partial charge in [-0.25, -0.2) is 0 Å². The Balaban J connectivity index is 1.94. The van der Waals surface area contributed by atoms with Gasteiger partial charge in [0.2, 0.25) is 0 Å². The number of rotatable bonds is 7. The zero-order chi connectivity index (χ0) is 16.7. The number of aryl methyl sites for hydroxylation is 1.